The second-order valence-electron chi connectivity index (χ2n) is 5.13. The minimum Gasteiger partial charge on any atom is -0.396 e. The lowest BCUT2D eigenvalue weighted by Crippen LogP contribution is -2.18. The largest absolute Gasteiger partial charge is 0.396 e. The fraction of sp³-hybridized carbons (Fsp3) is 0.769. The van der Waals surface area contributed by atoms with E-state index in [-0.39, 0.29) is 12.5 Å². The Hall–Kier alpha value is -0.480. The molecule has 2 aliphatic heterocycles. The number of rotatable bonds is 2. The van der Waals surface area contributed by atoms with Crippen LogP contribution in [0.15, 0.2) is 6.20 Å². The van der Waals surface area contributed by atoms with Gasteiger partial charge >= 0.3 is 0 Å². The Morgan fingerprint density at radius 2 is 2.18 bits per heavy atom. The van der Waals surface area contributed by atoms with Gasteiger partial charge in [-0.3, -0.25) is 0 Å². The zero-order chi connectivity index (χ0) is 11.7. The van der Waals surface area contributed by atoms with E-state index in [1.165, 1.54) is 36.5 Å². The molecular formula is C13H20N2OS. The molecule has 1 fully saturated rings. The SMILES string of the molecule is OCC1CCCn2cc(C3CCSCC3)nc21. The first kappa shape index (κ1) is 11.6. The number of fused-ring (bicyclic) bond motifs is 1. The van der Waals surface area contributed by atoms with Crippen molar-refractivity contribution in [3.63, 3.8) is 0 Å². The third kappa shape index (κ3) is 2.25. The van der Waals surface area contributed by atoms with Crippen molar-refractivity contribution in [3.8, 4) is 0 Å². The average molecular weight is 252 g/mol. The summed E-state index contributed by atoms with van der Waals surface area (Å²) in [6, 6.07) is 0. The zero-order valence-electron chi connectivity index (χ0n) is 10.1. The molecule has 3 heterocycles. The Balaban J connectivity index is 1.84. The van der Waals surface area contributed by atoms with Crippen LogP contribution >= 0.6 is 11.8 Å². The predicted molar refractivity (Wildman–Crippen MR) is 70.6 cm³/mol. The molecule has 94 valence electrons. The summed E-state index contributed by atoms with van der Waals surface area (Å²) in [5, 5.41) is 9.40. The summed E-state index contributed by atoms with van der Waals surface area (Å²) in [6.07, 6.45) is 7.05. The number of nitrogens with zero attached hydrogens (tertiary/aromatic N) is 2. The maximum absolute atomic E-state index is 9.40. The van der Waals surface area contributed by atoms with Gasteiger partial charge in [-0.1, -0.05) is 0 Å². The van der Waals surface area contributed by atoms with Crippen molar-refractivity contribution in [1.29, 1.82) is 0 Å². The lowest BCUT2D eigenvalue weighted by atomic mass is 9.99. The Labute approximate surface area is 107 Å². The number of aliphatic hydroxyl groups excluding tert-OH is 1. The van der Waals surface area contributed by atoms with Crippen molar-refractivity contribution in [2.45, 2.75) is 44.1 Å². The molecule has 2 aliphatic rings. The molecule has 0 spiro atoms. The Morgan fingerprint density at radius 1 is 1.35 bits per heavy atom. The highest BCUT2D eigenvalue weighted by Crippen LogP contribution is 2.33. The van der Waals surface area contributed by atoms with Crippen molar-refractivity contribution in [3.05, 3.63) is 17.7 Å². The molecule has 3 nitrogen and oxygen atoms in total. The van der Waals surface area contributed by atoms with Gasteiger partial charge in [0.2, 0.25) is 0 Å². The van der Waals surface area contributed by atoms with Gasteiger partial charge in [-0.15, -0.1) is 0 Å². The van der Waals surface area contributed by atoms with Crippen LogP contribution in [0, 0.1) is 0 Å². The summed E-state index contributed by atoms with van der Waals surface area (Å²) in [4.78, 5) is 4.82. The summed E-state index contributed by atoms with van der Waals surface area (Å²) in [7, 11) is 0. The molecule has 1 saturated heterocycles. The van der Waals surface area contributed by atoms with Crippen LogP contribution in [0.1, 0.15) is 49.0 Å². The van der Waals surface area contributed by atoms with Crippen LogP contribution in [-0.2, 0) is 6.54 Å². The van der Waals surface area contributed by atoms with E-state index in [1.807, 2.05) is 0 Å². The van der Waals surface area contributed by atoms with Crippen LogP contribution in [0.2, 0.25) is 0 Å². The number of thioether (sulfide) groups is 1. The second-order valence-corrected chi connectivity index (χ2v) is 6.35. The molecule has 0 saturated carbocycles. The molecule has 0 amide bonds. The standard InChI is InChI=1S/C13H20N2OS/c16-9-11-2-1-5-15-8-12(14-13(11)15)10-3-6-17-7-4-10/h8,10-11,16H,1-7,9H2. The van der Waals surface area contributed by atoms with Gasteiger partial charge in [0.05, 0.1) is 12.3 Å². The van der Waals surface area contributed by atoms with Crippen molar-refractivity contribution in [2.24, 2.45) is 0 Å². The van der Waals surface area contributed by atoms with Crippen LogP contribution in [0.4, 0.5) is 0 Å². The topological polar surface area (TPSA) is 38.0 Å². The summed E-state index contributed by atoms with van der Waals surface area (Å²) in [5.74, 6) is 4.61. The third-order valence-corrected chi connectivity index (χ3v) is 5.05. The smallest absolute Gasteiger partial charge is 0.114 e. The van der Waals surface area contributed by atoms with Crippen molar-refractivity contribution < 1.29 is 5.11 Å². The van der Waals surface area contributed by atoms with E-state index < -0.39 is 0 Å². The highest BCUT2D eigenvalue weighted by molar-refractivity contribution is 7.99. The first-order chi connectivity index (χ1) is 8.38. The highest BCUT2D eigenvalue weighted by atomic mass is 32.2. The van der Waals surface area contributed by atoms with Crippen LogP contribution in [0.25, 0.3) is 0 Å². The monoisotopic (exact) mass is 252 g/mol. The van der Waals surface area contributed by atoms with Gasteiger partial charge in [0.1, 0.15) is 5.82 Å². The molecule has 1 aromatic rings. The van der Waals surface area contributed by atoms with Crippen LogP contribution in [-0.4, -0.2) is 32.8 Å². The average Bonchev–Trinajstić information content (AvgIpc) is 2.83. The number of hydrogen-bond acceptors (Lipinski definition) is 3. The van der Waals surface area contributed by atoms with Crippen molar-refractivity contribution >= 4 is 11.8 Å². The van der Waals surface area contributed by atoms with Gasteiger partial charge in [0, 0.05) is 24.6 Å². The summed E-state index contributed by atoms with van der Waals surface area (Å²) >= 11 is 2.06. The highest BCUT2D eigenvalue weighted by Gasteiger charge is 2.25. The first-order valence-electron chi connectivity index (χ1n) is 6.64. The van der Waals surface area contributed by atoms with Gasteiger partial charge in [-0.05, 0) is 37.2 Å². The predicted octanol–water partition coefficient (Wildman–Crippen LogP) is 2.36. The van der Waals surface area contributed by atoms with E-state index in [0.29, 0.717) is 5.92 Å². The van der Waals surface area contributed by atoms with Gasteiger partial charge in [0.15, 0.2) is 0 Å². The fourth-order valence-electron chi connectivity index (χ4n) is 2.96. The van der Waals surface area contributed by atoms with Gasteiger partial charge in [-0.25, -0.2) is 4.98 Å². The number of aliphatic hydroxyl groups is 1. The normalized spacial score (nSPS) is 25.8. The second kappa shape index (κ2) is 5.02. The minimum atomic E-state index is 0.247. The van der Waals surface area contributed by atoms with E-state index in [9.17, 15) is 5.11 Å². The van der Waals surface area contributed by atoms with E-state index in [0.717, 1.165) is 18.8 Å². The molecule has 3 rings (SSSR count). The quantitative estimate of drug-likeness (QED) is 0.878. The fourth-order valence-corrected chi connectivity index (χ4v) is 4.06. The minimum absolute atomic E-state index is 0.247. The Bertz CT molecular complexity index is 385. The van der Waals surface area contributed by atoms with Crippen LogP contribution in [0.3, 0.4) is 0 Å². The maximum atomic E-state index is 9.40. The molecule has 0 radical (unpaired) electrons. The molecular weight excluding hydrogens is 232 g/mol. The van der Waals surface area contributed by atoms with E-state index in [1.54, 1.807) is 0 Å². The number of hydrogen-bond donors (Lipinski definition) is 1. The van der Waals surface area contributed by atoms with Crippen LogP contribution < -0.4 is 0 Å². The molecule has 0 aromatic carbocycles. The molecule has 1 N–H and O–H groups in total. The zero-order valence-corrected chi connectivity index (χ0v) is 11.0. The number of imidazole rings is 1. The number of aryl methyl sites for hydroxylation is 1. The lowest BCUT2D eigenvalue weighted by Gasteiger charge is -2.21. The Kier molecular flexibility index (Phi) is 3.43. The summed E-state index contributed by atoms with van der Waals surface area (Å²) < 4.78 is 2.28. The molecule has 1 aromatic heterocycles. The summed E-state index contributed by atoms with van der Waals surface area (Å²) in [6.45, 7) is 1.33. The van der Waals surface area contributed by atoms with E-state index >= 15 is 0 Å². The van der Waals surface area contributed by atoms with Crippen molar-refractivity contribution in [2.75, 3.05) is 18.1 Å². The molecule has 17 heavy (non-hydrogen) atoms. The lowest BCUT2D eigenvalue weighted by molar-refractivity contribution is 0.238. The van der Waals surface area contributed by atoms with E-state index in [4.69, 9.17) is 4.98 Å². The first-order valence-corrected chi connectivity index (χ1v) is 7.79. The summed E-state index contributed by atoms with van der Waals surface area (Å²) in [5.41, 5.74) is 1.28. The molecule has 1 atom stereocenters. The maximum Gasteiger partial charge on any atom is 0.114 e. The van der Waals surface area contributed by atoms with Crippen molar-refractivity contribution in [1.82, 2.24) is 9.55 Å². The molecule has 0 bridgehead atoms. The van der Waals surface area contributed by atoms with Gasteiger partial charge in [-0.2, -0.15) is 11.8 Å². The van der Waals surface area contributed by atoms with Gasteiger partial charge in [0.25, 0.3) is 0 Å². The molecule has 0 aliphatic carbocycles. The van der Waals surface area contributed by atoms with Crippen LogP contribution in [0.5, 0.6) is 0 Å². The van der Waals surface area contributed by atoms with E-state index in [2.05, 4.69) is 22.5 Å². The molecule has 1 unspecified atom stereocenters. The van der Waals surface area contributed by atoms with Gasteiger partial charge < -0.3 is 9.67 Å². The Morgan fingerprint density at radius 3 is 2.94 bits per heavy atom. The molecule has 4 heteroatoms. The third-order valence-electron chi connectivity index (χ3n) is 4.00. The number of aromatic nitrogens is 2.